The van der Waals surface area contributed by atoms with E-state index in [0.29, 0.717) is 5.92 Å². The Morgan fingerprint density at radius 2 is 1.69 bits per heavy atom. The smallest absolute Gasteiger partial charge is 0.0480 e. The van der Waals surface area contributed by atoms with Gasteiger partial charge in [0.1, 0.15) is 0 Å². The molecule has 1 N–H and O–H groups in total. The molecular weight excluding hydrogens is 198 g/mol. The highest BCUT2D eigenvalue weighted by Gasteiger charge is 2.26. The van der Waals surface area contributed by atoms with E-state index in [4.69, 9.17) is 0 Å². The summed E-state index contributed by atoms with van der Waals surface area (Å²) in [5.74, 6) is 0.745. The second-order valence-corrected chi connectivity index (χ2v) is 4.91. The Labute approximate surface area is 98.9 Å². The van der Waals surface area contributed by atoms with E-state index in [-0.39, 0.29) is 18.6 Å². The zero-order valence-electron chi connectivity index (χ0n) is 10.7. The van der Waals surface area contributed by atoms with Crippen LogP contribution < -0.4 is 0 Å². The van der Waals surface area contributed by atoms with Gasteiger partial charge in [-0.2, -0.15) is 0 Å². The van der Waals surface area contributed by atoms with Crippen LogP contribution in [0.25, 0.3) is 0 Å². The molecule has 0 spiro atoms. The topological polar surface area (TPSA) is 23.5 Å². The molecule has 1 aromatic rings. The molecule has 0 aliphatic rings. The third kappa shape index (κ3) is 3.06. The molecule has 0 fully saturated rings. The summed E-state index contributed by atoms with van der Waals surface area (Å²) in [4.78, 5) is 2.19. The Morgan fingerprint density at radius 1 is 1.12 bits per heavy atom. The van der Waals surface area contributed by atoms with Gasteiger partial charge in [-0.1, -0.05) is 44.2 Å². The standard InChI is InChI=1S/C14H23NO/c1-11(2)13(10-16)14(15(3)4)12-8-6-5-7-9-12/h5-9,11,13-14,16H,10H2,1-4H3. The Morgan fingerprint density at radius 3 is 2.06 bits per heavy atom. The molecule has 1 aromatic carbocycles. The number of hydrogen-bond acceptors (Lipinski definition) is 2. The van der Waals surface area contributed by atoms with Crippen molar-refractivity contribution in [2.75, 3.05) is 20.7 Å². The van der Waals surface area contributed by atoms with Crippen molar-refractivity contribution in [2.45, 2.75) is 19.9 Å². The van der Waals surface area contributed by atoms with Gasteiger partial charge in [0, 0.05) is 18.6 Å². The normalized spacial score (nSPS) is 15.4. The number of benzene rings is 1. The lowest BCUT2D eigenvalue weighted by Crippen LogP contribution is -2.32. The van der Waals surface area contributed by atoms with Crippen molar-refractivity contribution in [1.82, 2.24) is 4.90 Å². The zero-order chi connectivity index (χ0) is 12.1. The third-order valence-corrected chi connectivity index (χ3v) is 3.17. The van der Waals surface area contributed by atoms with E-state index >= 15 is 0 Å². The molecule has 0 saturated heterocycles. The fourth-order valence-electron chi connectivity index (χ4n) is 2.25. The van der Waals surface area contributed by atoms with Crippen molar-refractivity contribution >= 4 is 0 Å². The highest BCUT2D eigenvalue weighted by Crippen LogP contribution is 2.31. The van der Waals surface area contributed by atoms with Gasteiger partial charge in [-0.05, 0) is 25.6 Å². The molecule has 2 unspecified atom stereocenters. The maximum atomic E-state index is 9.55. The van der Waals surface area contributed by atoms with Crippen molar-refractivity contribution in [3.05, 3.63) is 35.9 Å². The summed E-state index contributed by atoms with van der Waals surface area (Å²) < 4.78 is 0. The summed E-state index contributed by atoms with van der Waals surface area (Å²) in [5, 5.41) is 9.55. The molecular formula is C14H23NO. The van der Waals surface area contributed by atoms with Crippen molar-refractivity contribution in [3.8, 4) is 0 Å². The first-order valence-corrected chi connectivity index (χ1v) is 5.90. The molecule has 16 heavy (non-hydrogen) atoms. The predicted octanol–water partition coefficient (Wildman–Crippen LogP) is 2.55. The van der Waals surface area contributed by atoms with Crippen molar-refractivity contribution in [2.24, 2.45) is 11.8 Å². The summed E-state index contributed by atoms with van der Waals surface area (Å²) in [6.45, 7) is 4.57. The van der Waals surface area contributed by atoms with E-state index < -0.39 is 0 Å². The molecule has 0 radical (unpaired) electrons. The molecule has 0 bridgehead atoms. The van der Waals surface area contributed by atoms with E-state index in [0.717, 1.165) is 0 Å². The van der Waals surface area contributed by atoms with Crippen LogP contribution in [0.15, 0.2) is 30.3 Å². The monoisotopic (exact) mass is 221 g/mol. The number of aliphatic hydroxyl groups is 1. The molecule has 90 valence electrons. The van der Waals surface area contributed by atoms with Crippen LogP contribution in [0.4, 0.5) is 0 Å². The minimum absolute atomic E-state index is 0.232. The van der Waals surface area contributed by atoms with Gasteiger partial charge in [-0.3, -0.25) is 0 Å². The van der Waals surface area contributed by atoms with Crippen LogP contribution in [-0.2, 0) is 0 Å². The molecule has 1 rings (SSSR count). The van der Waals surface area contributed by atoms with Gasteiger partial charge < -0.3 is 10.0 Å². The summed E-state index contributed by atoms with van der Waals surface area (Å²) in [5.41, 5.74) is 1.28. The maximum Gasteiger partial charge on any atom is 0.0480 e. The first-order valence-electron chi connectivity index (χ1n) is 5.90. The van der Waals surface area contributed by atoms with E-state index in [1.54, 1.807) is 0 Å². The molecule has 0 aliphatic heterocycles. The summed E-state index contributed by atoms with van der Waals surface area (Å²) in [6.07, 6.45) is 0. The quantitative estimate of drug-likeness (QED) is 0.826. The van der Waals surface area contributed by atoms with Crippen LogP contribution in [0.1, 0.15) is 25.5 Å². The molecule has 2 heteroatoms. The highest BCUT2D eigenvalue weighted by molar-refractivity contribution is 5.20. The van der Waals surface area contributed by atoms with Crippen molar-refractivity contribution in [1.29, 1.82) is 0 Å². The van der Waals surface area contributed by atoms with Gasteiger partial charge in [-0.15, -0.1) is 0 Å². The van der Waals surface area contributed by atoms with Gasteiger partial charge in [0.2, 0.25) is 0 Å². The average Bonchev–Trinajstić information content (AvgIpc) is 2.25. The molecule has 0 aliphatic carbocycles. The van der Waals surface area contributed by atoms with E-state index in [9.17, 15) is 5.11 Å². The molecule has 0 heterocycles. The fourth-order valence-corrected chi connectivity index (χ4v) is 2.25. The lowest BCUT2D eigenvalue weighted by molar-refractivity contribution is 0.100. The first kappa shape index (κ1) is 13.2. The Balaban J connectivity index is 2.99. The average molecular weight is 221 g/mol. The van der Waals surface area contributed by atoms with Gasteiger partial charge in [-0.25, -0.2) is 0 Å². The third-order valence-electron chi connectivity index (χ3n) is 3.17. The number of nitrogens with zero attached hydrogens (tertiary/aromatic N) is 1. The molecule has 0 saturated carbocycles. The summed E-state index contributed by atoms with van der Waals surface area (Å²) in [7, 11) is 4.14. The van der Waals surface area contributed by atoms with Gasteiger partial charge in [0.25, 0.3) is 0 Å². The van der Waals surface area contributed by atoms with Gasteiger partial charge in [0.15, 0.2) is 0 Å². The highest BCUT2D eigenvalue weighted by atomic mass is 16.3. The SMILES string of the molecule is CC(C)C(CO)C(c1ccccc1)N(C)C. The minimum atomic E-state index is 0.232. The Hall–Kier alpha value is -0.860. The molecule has 2 nitrogen and oxygen atoms in total. The van der Waals surface area contributed by atoms with Crippen LogP contribution in [-0.4, -0.2) is 30.7 Å². The van der Waals surface area contributed by atoms with Crippen molar-refractivity contribution in [3.63, 3.8) is 0 Å². The van der Waals surface area contributed by atoms with Crippen LogP contribution in [0.5, 0.6) is 0 Å². The van der Waals surface area contributed by atoms with Crippen LogP contribution in [0.3, 0.4) is 0 Å². The zero-order valence-corrected chi connectivity index (χ0v) is 10.7. The van der Waals surface area contributed by atoms with E-state index in [1.807, 2.05) is 6.07 Å². The summed E-state index contributed by atoms with van der Waals surface area (Å²) >= 11 is 0. The second-order valence-electron chi connectivity index (χ2n) is 4.91. The van der Waals surface area contributed by atoms with Crippen LogP contribution in [0, 0.1) is 11.8 Å². The Kier molecular flexibility index (Phi) is 4.97. The lowest BCUT2D eigenvalue weighted by Gasteiger charge is -2.34. The molecule has 0 aromatic heterocycles. The van der Waals surface area contributed by atoms with Gasteiger partial charge >= 0.3 is 0 Å². The Bertz CT molecular complexity index is 295. The summed E-state index contributed by atoms with van der Waals surface area (Å²) in [6, 6.07) is 10.7. The van der Waals surface area contributed by atoms with E-state index in [1.165, 1.54) is 5.56 Å². The number of hydrogen-bond donors (Lipinski definition) is 1. The minimum Gasteiger partial charge on any atom is -0.396 e. The van der Waals surface area contributed by atoms with Crippen LogP contribution in [0.2, 0.25) is 0 Å². The number of aliphatic hydroxyl groups excluding tert-OH is 1. The largest absolute Gasteiger partial charge is 0.396 e. The molecule has 0 amide bonds. The van der Waals surface area contributed by atoms with Gasteiger partial charge in [0.05, 0.1) is 0 Å². The second kappa shape index (κ2) is 6.02. The first-order chi connectivity index (χ1) is 7.57. The lowest BCUT2D eigenvalue weighted by atomic mass is 9.84. The fraction of sp³-hybridized carbons (Fsp3) is 0.571. The maximum absolute atomic E-state index is 9.55. The number of rotatable bonds is 5. The van der Waals surface area contributed by atoms with Crippen LogP contribution >= 0.6 is 0 Å². The van der Waals surface area contributed by atoms with Crippen molar-refractivity contribution < 1.29 is 5.11 Å². The predicted molar refractivity (Wildman–Crippen MR) is 68.3 cm³/mol. The molecule has 2 atom stereocenters. The van der Waals surface area contributed by atoms with E-state index in [2.05, 4.69) is 57.1 Å².